The number of hydrogen-bond donors (Lipinski definition) is 3. The summed E-state index contributed by atoms with van der Waals surface area (Å²) in [6.07, 6.45) is -5.39. The van der Waals surface area contributed by atoms with E-state index >= 15 is 0 Å². The number of amides is 2. The van der Waals surface area contributed by atoms with Crippen LogP contribution in [0.3, 0.4) is 0 Å². The highest BCUT2D eigenvalue weighted by Gasteiger charge is 2.66. The van der Waals surface area contributed by atoms with E-state index in [0.717, 1.165) is 24.3 Å². The molecule has 2 heterocycles. The fraction of sp³-hybridized carbons (Fsp3) is 0.263. The second-order valence-electron chi connectivity index (χ2n) is 6.80. The molecule has 3 atom stereocenters. The summed E-state index contributed by atoms with van der Waals surface area (Å²) in [5.41, 5.74) is -4.06. The number of halogens is 4. The molecule has 2 aliphatic rings. The molecule has 3 N–H and O–H groups in total. The van der Waals surface area contributed by atoms with E-state index in [4.69, 9.17) is 9.47 Å². The smallest absolute Gasteiger partial charge is 0.437 e. The van der Waals surface area contributed by atoms with Gasteiger partial charge in [0, 0.05) is 5.56 Å². The molecule has 0 bridgehead atoms. The van der Waals surface area contributed by atoms with Crippen molar-refractivity contribution < 1.29 is 41.7 Å². The minimum Gasteiger partial charge on any atom is -0.454 e. The van der Waals surface area contributed by atoms with Gasteiger partial charge in [0.05, 0.1) is 6.04 Å². The molecular weight excluding hydrogens is 412 g/mol. The van der Waals surface area contributed by atoms with Crippen LogP contribution < -0.4 is 20.1 Å². The van der Waals surface area contributed by atoms with Crippen molar-refractivity contribution in [2.24, 2.45) is 5.92 Å². The van der Waals surface area contributed by atoms with E-state index in [0.29, 0.717) is 5.75 Å². The number of urea groups is 1. The Balaban J connectivity index is 1.84. The van der Waals surface area contributed by atoms with Gasteiger partial charge in [0.25, 0.3) is 0 Å². The van der Waals surface area contributed by atoms with E-state index in [9.17, 15) is 32.3 Å². The Morgan fingerprint density at radius 1 is 1.10 bits per heavy atom. The van der Waals surface area contributed by atoms with Crippen LogP contribution in [0, 0.1) is 11.7 Å². The predicted molar refractivity (Wildman–Crippen MR) is 92.2 cm³/mol. The molecule has 0 saturated carbocycles. The number of hydrogen-bond acceptors (Lipinski definition) is 5. The van der Waals surface area contributed by atoms with Crippen molar-refractivity contribution in [3.63, 3.8) is 0 Å². The SMILES string of the molecule is O=C1N[C@@H](c2ccc3c(c2)OCO3)[C@H](C(=O)c2ccc(F)cc2)[C@](O)(C(F)(F)F)N1. The number of nitrogens with one attached hydrogen (secondary N) is 2. The number of benzene rings is 2. The molecule has 0 unspecified atom stereocenters. The molecule has 2 aromatic rings. The molecule has 1 saturated heterocycles. The van der Waals surface area contributed by atoms with Gasteiger partial charge >= 0.3 is 12.2 Å². The third-order valence-corrected chi connectivity index (χ3v) is 4.97. The summed E-state index contributed by atoms with van der Waals surface area (Å²) in [5.74, 6) is -3.51. The number of aliphatic hydroxyl groups is 1. The molecule has 2 amide bonds. The number of fused-ring (bicyclic) bond motifs is 1. The average molecular weight is 426 g/mol. The first-order chi connectivity index (χ1) is 14.1. The topological polar surface area (TPSA) is 96.9 Å². The van der Waals surface area contributed by atoms with Crippen LogP contribution in [0.2, 0.25) is 0 Å². The molecule has 2 aliphatic heterocycles. The number of ether oxygens (including phenoxy) is 2. The van der Waals surface area contributed by atoms with Crippen molar-refractivity contribution in [3.8, 4) is 11.5 Å². The lowest BCUT2D eigenvalue weighted by Gasteiger charge is -2.45. The van der Waals surface area contributed by atoms with Crippen molar-refractivity contribution in [2.75, 3.05) is 6.79 Å². The third kappa shape index (κ3) is 3.20. The lowest BCUT2D eigenvalue weighted by Crippen LogP contribution is -2.72. The number of ketones is 1. The zero-order valence-corrected chi connectivity index (χ0v) is 15.0. The Labute approximate surface area is 166 Å². The van der Waals surface area contributed by atoms with Crippen LogP contribution >= 0.6 is 0 Å². The van der Waals surface area contributed by atoms with E-state index in [2.05, 4.69) is 5.32 Å². The highest BCUT2D eigenvalue weighted by atomic mass is 19.4. The van der Waals surface area contributed by atoms with Crippen molar-refractivity contribution in [1.29, 1.82) is 0 Å². The first kappa shape index (κ1) is 20.0. The quantitative estimate of drug-likeness (QED) is 0.518. The van der Waals surface area contributed by atoms with Crippen LogP contribution in [-0.2, 0) is 0 Å². The fourth-order valence-corrected chi connectivity index (χ4v) is 3.52. The summed E-state index contributed by atoms with van der Waals surface area (Å²) in [5, 5.41) is 14.2. The Morgan fingerprint density at radius 2 is 1.77 bits per heavy atom. The van der Waals surface area contributed by atoms with E-state index in [-0.39, 0.29) is 23.7 Å². The van der Waals surface area contributed by atoms with Crippen LogP contribution in [0.25, 0.3) is 0 Å². The van der Waals surface area contributed by atoms with Crippen molar-refractivity contribution in [1.82, 2.24) is 10.6 Å². The van der Waals surface area contributed by atoms with Gasteiger partial charge in [-0.2, -0.15) is 13.2 Å². The Kier molecular flexibility index (Phi) is 4.57. The van der Waals surface area contributed by atoms with Crippen molar-refractivity contribution >= 4 is 11.8 Å². The zero-order chi connectivity index (χ0) is 21.7. The second-order valence-corrected chi connectivity index (χ2v) is 6.80. The average Bonchev–Trinajstić information content (AvgIpc) is 3.14. The Morgan fingerprint density at radius 3 is 2.43 bits per heavy atom. The lowest BCUT2D eigenvalue weighted by molar-refractivity contribution is -0.287. The van der Waals surface area contributed by atoms with Gasteiger partial charge in [-0.1, -0.05) is 6.07 Å². The molecular formula is C19H14F4N2O5. The second kappa shape index (κ2) is 6.87. The summed E-state index contributed by atoms with van der Waals surface area (Å²) in [4.78, 5) is 25.1. The normalized spacial score (nSPS) is 25.4. The number of carbonyl (C=O) groups excluding carboxylic acids is 2. The maximum atomic E-state index is 13.8. The van der Waals surface area contributed by atoms with Crippen LogP contribution in [0.4, 0.5) is 22.4 Å². The van der Waals surface area contributed by atoms with Gasteiger partial charge < -0.3 is 25.2 Å². The summed E-state index contributed by atoms with van der Waals surface area (Å²) < 4.78 is 65.1. The van der Waals surface area contributed by atoms with Crippen LogP contribution in [0.15, 0.2) is 42.5 Å². The van der Waals surface area contributed by atoms with Crippen molar-refractivity contribution in [2.45, 2.75) is 17.9 Å². The summed E-state index contributed by atoms with van der Waals surface area (Å²) in [7, 11) is 0. The lowest BCUT2D eigenvalue weighted by atomic mass is 9.77. The molecule has 7 nitrogen and oxygen atoms in total. The van der Waals surface area contributed by atoms with Gasteiger partial charge in [0.15, 0.2) is 17.3 Å². The minimum absolute atomic E-state index is 0.0808. The maximum Gasteiger partial charge on any atom is 0.437 e. The van der Waals surface area contributed by atoms with Crippen LogP contribution in [-0.4, -0.2) is 35.6 Å². The molecule has 0 radical (unpaired) electrons. The van der Waals surface area contributed by atoms with Gasteiger partial charge in [0.1, 0.15) is 11.7 Å². The molecule has 158 valence electrons. The molecule has 2 aromatic carbocycles. The van der Waals surface area contributed by atoms with Crippen LogP contribution in [0.5, 0.6) is 11.5 Å². The summed E-state index contributed by atoms with van der Waals surface area (Å²) in [6.45, 7) is -0.0954. The van der Waals surface area contributed by atoms with E-state index in [1.54, 1.807) is 0 Å². The van der Waals surface area contributed by atoms with E-state index in [1.165, 1.54) is 23.5 Å². The van der Waals surface area contributed by atoms with E-state index < -0.39 is 41.5 Å². The molecule has 11 heteroatoms. The number of alkyl halides is 3. The van der Waals surface area contributed by atoms with Gasteiger partial charge in [-0.05, 0) is 42.0 Å². The van der Waals surface area contributed by atoms with Crippen LogP contribution in [0.1, 0.15) is 22.0 Å². The predicted octanol–water partition coefficient (Wildman–Crippen LogP) is 2.66. The molecule has 0 spiro atoms. The number of Topliss-reactive ketones (excluding diaryl/α,β-unsaturated/α-hetero) is 1. The first-order valence-corrected chi connectivity index (χ1v) is 8.67. The molecule has 1 fully saturated rings. The minimum atomic E-state index is -5.39. The largest absolute Gasteiger partial charge is 0.454 e. The van der Waals surface area contributed by atoms with Gasteiger partial charge in [0.2, 0.25) is 12.5 Å². The monoisotopic (exact) mass is 426 g/mol. The summed E-state index contributed by atoms with van der Waals surface area (Å²) in [6, 6.07) is 5.01. The highest BCUT2D eigenvalue weighted by molar-refractivity contribution is 6.00. The first-order valence-electron chi connectivity index (χ1n) is 8.67. The fourth-order valence-electron chi connectivity index (χ4n) is 3.52. The highest BCUT2D eigenvalue weighted by Crippen LogP contribution is 2.45. The zero-order valence-electron chi connectivity index (χ0n) is 15.0. The Hall–Kier alpha value is -3.34. The molecule has 0 aromatic heterocycles. The summed E-state index contributed by atoms with van der Waals surface area (Å²) >= 11 is 0. The maximum absolute atomic E-state index is 13.8. The van der Waals surface area contributed by atoms with Gasteiger partial charge in [-0.25, -0.2) is 9.18 Å². The third-order valence-electron chi connectivity index (χ3n) is 4.97. The molecule has 4 rings (SSSR count). The number of rotatable bonds is 3. The molecule has 30 heavy (non-hydrogen) atoms. The standard InChI is InChI=1S/C19H14F4N2O5/c20-11-4-1-9(2-5-11)16(26)14-15(10-3-6-12-13(7-10)30-8-29-12)24-17(27)25-18(14,28)19(21,22)23/h1-7,14-15,28H,8H2,(H2,24,25,27)/t14-,15+,18+/m1/s1. The van der Waals surface area contributed by atoms with E-state index in [1.807, 2.05) is 0 Å². The number of carbonyl (C=O) groups is 2. The molecule has 0 aliphatic carbocycles. The van der Waals surface area contributed by atoms with Crippen molar-refractivity contribution in [3.05, 3.63) is 59.4 Å². The Bertz CT molecular complexity index is 1010. The van der Waals surface area contributed by atoms with Gasteiger partial charge in [-0.3, -0.25) is 4.79 Å². The van der Waals surface area contributed by atoms with Gasteiger partial charge in [-0.15, -0.1) is 0 Å².